The SMILES string of the molecule is COc1ccc(S(=O)(=O)N(C)C)cc1NC(=O)/C=C/c1ccccc1Br. The Morgan fingerprint density at radius 2 is 1.88 bits per heavy atom. The summed E-state index contributed by atoms with van der Waals surface area (Å²) in [7, 11) is 0.713. The third-order valence-corrected chi connectivity index (χ3v) is 6.06. The smallest absolute Gasteiger partial charge is 0.248 e. The monoisotopic (exact) mass is 438 g/mol. The van der Waals surface area contributed by atoms with Gasteiger partial charge in [-0.05, 0) is 35.9 Å². The van der Waals surface area contributed by atoms with Gasteiger partial charge in [-0.1, -0.05) is 34.1 Å². The molecule has 2 rings (SSSR count). The van der Waals surface area contributed by atoms with Crippen LogP contribution in [0.4, 0.5) is 5.69 Å². The van der Waals surface area contributed by atoms with E-state index in [2.05, 4.69) is 21.2 Å². The fourth-order valence-electron chi connectivity index (χ4n) is 2.11. The highest BCUT2D eigenvalue weighted by Crippen LogP contribution is 2.28. The van der Waals surface area contributed by atoms with Crippen molar-refractivity contribution in [1.29, 1.82) is 0 Å². The van der Waals surface area contributed by atoms with Crippen LogP contribution in [0.1, 0.15) is 5.56 Å². The van der Waals surface area contributed by atoms with E-state index in [1.165, 1.54) is 45.5 Å². The van der Waals surface area contributed by atoms with Gasteiger partial charge in [-0.25, -0.2) is 12.7 Å². The van der Waals surface area contributed by atoms with E-state index < -0.39 is 15.9 Å². The van der Waals surface area contributed by atoms with E-state index in [4.69, 9.17) is 4.74 Å². The van der Waals surface area contributed by atoms with E-state index in [1.807, 2.05) is 24.3 Å². The van der Waals surface area contributed by atoms with Crippen LogP contribution in [0.5, 0.6) is 5.75 Å². The standard InChI is InChI=1S/C18H19BrN2O4S/c1-21(2)26(23,24)14-9-10-17(25-3)16(12-14)20-18(22)11-8-13-6-4-5-7-15(13)19/h4-12H,1-3H3,(H,20,22)/b11-8+. The van der Waals surface area contributed by atoms with Gasteiger partial charge in [-0.15, -0.1) is 0 Å². The number of anilines is 1. The molecule has 0 aliphatic carbocycles. The van der Waals surface area contributed by atoms with Crippen LogP contribution >= 0.6 is 15.9 Å². The average molecular weight is 439 g/mol. The van der Waals surface area contributed by atoms with Crippen LogP contribution in [0.2, 0.25) is 0 Å². The van der Waals surface area contributed by atoms with Crippen molar-refractivity contribution in [3.8, 4) is 5.75 Å². The van der Waals surface area contributed by atoms with Gasteiger partial charge >= 0.3 is 0 Å². The first kappa shape index (κ1) is 20.2. The van der Waals surface area contributed by atoms with Gasteiger partial charge in [0, 0.05) is 24.6 Å². The highest BCUT2D eigenvalue weighted by molar-refractivity contribution is 9.10. The Morgan fingerprint density at radius 1 is 1.19 bits per heavy atom. The minimum absolute atomic E-state index is 0.0633. The van der Waals surface area contributed by atoms with E-state index in [1.54, 1.807) is 6.08 Å². The summed E-state index contributed by atoms with van der Waals surface area (Å²) in [5, 5.41) is 2.65. The molecule has 0 saturated carbocycles. The molecule has 2 aromatic rings. The molecule has 0 aliphatic rings. The maximum Gasteiger partial charge on any atom is 0.248 e. The molecular weight excluding hydrogens is 420 g/mol. The zero-order chi connectivity index (χ0) is 19.3. The molecule has 1 amide bonds. The molecule has 1 N–H and O–H groups in total. The Kier molecular flexibility index (Phi) is 6.57. The second-order valence-electron chi connectivity index (χ2n) is 5.49. The number of ether oxygens (including phenoxy) is 1. The van der Waals surface area contributed by atoms with Crippen LogP contribution in [0.25, 0.3) is 6.08 Å². The quantitative estimate of drug-likeness (QED) is 0.701. The van der Waals surface area contributed by atoms with E-state index in [9.17, 15) is 13.2 Å². The minimum atomic E-state index is -3.62. The molecule has 0 aromatic heterocycles. The van der Waals surface area contributed by atoms with Crippen molar-refractivity contribution in [1.82, 2.24) is 4.31 Å². The molecular formula is C18H19BrN2O4S. The Labute approximate surface area is 161 Å². The molecule has 0 atom stereocenters. The fraction of sp³-hybridized carbons (Fsp3) is 0.167. The number of nitrogens with zero attached hydrogens (tertiary/aromatic N) is 1. The molecule has 0 unspecified atom stereocenters. The largest absolute Gasteiger partial charge is 0.495 e. The van der Waals surface area contributed by atoms with Gasteiger partial charge in [0.05, 0.1) is 17.7 Å². The third-order valence-electron chi connectivity index (χ3n) is 3.53. The van der Waals surface area contributed by atoms with Crippen LogP contribution < -0.4 is 10.1 Å². The number of sulfonamides is 1. The normalized spacial score (nSPS) is 11.7. The number of carbonyl (C=O) groups excluding carboxylic acids is 1. The van der Waals surface area contributed by atoms with E-state index >= 15 is 0 Å². The molecule has 0 fully saturated rings. The number of rotatable bonds is 6. The number of methoxy groups -OCH3 is 1. The molecule has 0 saturated heterocycles. The highest BCUT2D eigenvalue weighted by atomic mass is 79.9. The first-order valence-electron chi connectivity index (χ1n) is 7.60. The van der Waals surface area contributed by atoms with Crippen LogP contribution in [0, 0.1) is 0 Å². The number of carbonyl (C=O) groups is 1. The van der Waals surface area contributed by atoms with E-state index in [-0.39, 0.29) is 10.6 Å². The average Bonchev–Trinajstić information content (AvgIpc) is 2.60. The molecule has 0 bridgehead atoms. The fourth-order valence-corrected chi connectivity index (χ4v) is 3.45. The van der Waals surface area contributed by atoms with Gasteiger partial charge in [0.2, 0.25) is 15.9 Å². The van der Waals surface area contributed by atoms with Gasteiger partial charge in [0.25, 0.3) is 0 Å². The maximum absolute atomic E-state index is 12.3. The molecule has 0 aliphatic heterocycles. The molecule has 6 nitrogen and oxygen atoms in total. The summed E-state index contributed by atoms with van der Waals surface area (Å²) < 4.78 is 31.7. The molecule has 8 heteroatoms. The van der Waals surface area contributed by atoms with Gasteiger partial charge in [-0.2, -0.15) is 0 Å². The first-order valence-corrected chi connectivity index (χ1v) is 9.83. The number of benzene rings is 2. The van der Waals surface area contributed by atoms with Crippen molar-refractivity contribution in [3.63, 3.8) is 0 Å². The Bertz CT molecular complexity index is 940. The Hall–Kier alpha value is -2.16. The predicted octanol–water partition coefficient (Wildman–Crippen LogP) is 3.36. The van der Waals surface area contributed by atoms with Gasteiger partial charge in [0.15, 0.2) is 0 Å². The number of amides is 1. The van der Waals surface area contributed by atoms with Crippen molar-refractivity contribution in [2.75, 3.05) is 26.5 Å². The highest BCUT2D eigenvalue weighted by Gasteiger charge is 2.19. The van der Waals surface area contributed by atoms with Crippen molar-refractivity contribution < 1.29 is 17.9 Å². The van der Waals surface area contributed by atoms with Crippen LogP contribution in [-0.4, -0.2) is 39.8 Å². The summed E-state index contributed by atoms with van der Waals surface area (Å²) in [6, 6.07) is 11.8. The lowest BCUT2D eigenvalue weighted by Gasteiger charge is -2.14. The van der Waals surface area contributed by atoms with Crippen molar-refractivity contribution in [2.24, 2.45) is 0 Å². The second kappa shape index (κ2) is 8.48. The van der Waals surface area contributed by atoms with Crippen LogP contribution in [-0.2, 0) is 14.8 Å². The Morgan fingerprint density at radius 3 is 2.50 bits per heavy atom. The lowest BCUT2D eigenvalue weighted by molar-refractivity contribution is -0.111. The molecule has 2 aromatic carbocycles. The summed E-state index contributed by atoms with van der Waals surface area (Å²) in [6.07, 6.45) is 3.03. The van der Waals surface area contributed by atoms with Crippen molar-refractivity contribution in [2.45, 2.75) is 4.90 Å². The summed E-state index contributed by atoms with van der Waals surface area (Å²) >= 11 is 3.41. The number of hydrogen-bond donors (Lipinski definition) is 1. The topological polar surface area (TPSA) is 75.7 Å². The predicted molar refractivity (Wildman–Crippen MR) is 106 cm³/mol. The lowest BCUT2D eigenvalue weighted by Crippen LogP contribution is -2.22. The molecule has 0 spiro atoms. The minimum Gasteiger partial charge on any atom is -0.495 e. The van der Waals surface area contributed by atoms with E-state index in [0.29, 0.717) is 5.75 Å². The van der Waals surface area contributed by atoms with Crippen molar-refractivity contribution >= 4 is 43.6 Å². The second-order valence-corrected chi connectivity index (χ2v) is 8.50. The number of nitrogens with one attached hydrogen (secondary N) is 1. The molecule has 26 heavy (non-hydrogen) atoms. The Balaban J connectivity index is 2.27. The third kappa shape index (κ3) is 4.72. The van der Waals surface area contributed by atoms with Gasteiger partial charge in [0.1, 0.15) is 5.75 Å². The lowest BCUT2D eigenvalue weighted by atomic mass is 10.2. The van der Waals surface area contributed by atoms with Gasteiger partial charge < -0.3 is 10.1 Å². The zero-order valence-electron chi connectivity index (χ0n) is 14.6. The van der Waals surface area contributed by atoms with E-state index in [0.717, 1.165) is 14.3 Å². The molecule has 0 radical (unpaired) electrons. The van der Waals surface area contributed by atoms with Gasteiger partial charge in [-0.3, -0.25) is 4.79 Å². The number of halogens is 1. The zero-order valence-corrected chi connectivity index (χ0v) is 17.0. The van der Waals surface area contributed by atoms with Crippen LogP contribution in [0.15, 0.2) is 57.9 Å². The maximum atomic E-state index is 12.3. The van der Waals surface area contributed by atoms with Crippen molar-refractivity contribution in [3.05, 3.63) is 58.6 Å². The number of hydrogen-bond acceptors (Lipinski definition) is 4. The summed E-state index contributed by atoms with van der Waals surface area (Å²) in [5.74, 6) is -0.0381. The first-order chi connectivity index (χ1) is 12.3. The summed E-state index contributed by atoms with van der Waals surface area (Å²) in [5.41, 5.74) is 1.12. The summed E-state index contributed by atoms with van der Waals surface area (Å²) in [4.78, 5) is 12.3. The van der Waals surface area contributed by atoms with Crippen LogP contribution in [0.3, 0.4) is 0 Å². The molecule has 138 valence electrons. The summed E-state index contributed by atoms with van der Waals surface area (Å²) in [6.45, 7) is 0. The molecule has 0 heterocycles.